The fraction of sp³-hybridized carbons (Fsp3) is 0.618. The van der Waals surface area contributed by atoms with Crippen molar-refractivity contribution >= 4 is 33.7 Å². The molecule has 3 amide bonds. The number of ether oxygens (including phenoxy) is 2. The highest BCUT2D eigenvalue weighted by Gasteiger charge is 2.62. The first kappa shape index (κ1) is 39.7. The van der Waals surface area contributed by atoms with Crippen LogP contribution in [-0.4, -0.2) is 89.0 Å². The van der Waals surface area contributed by atoms with Crippen LogP contribution in [0, 0.1) is 23.2 Å². The molecular formula is C34H44F3N7O8S. The number of carbonyl (C=O) groups is 4. The van der Waals surface area contributed by atoms with Crippen molar-refractivity contribution < 1.29 is 50.2 Å². The number of hydrogen-bond acceptors (Lipinski definition) is 11. The molecular weight excluding hydrogens is 723 g/mol. The summed E-state index contributed by atoms with van der Waals surface area (Å²) in [6.07, 6.45) is -4.36. The van der Waals surface area contributed by atoms with E-state index in [0.29, 0.717) is 30.6 Å². The van der Waals surface area contributed by atoms with Crippen molar-refractivity contribution in [2.75, 3.05) is 13.7 Å². The zero-order valence-corrected chi connectivity index (χ0v) is 30.6. The number of rotatable bonds is 15. The van der Waals surface area contributed by atoms with E-state index in [4.69, 9.17) is 9.47 Å². The molecule has 1 heterocycles. The fourth-order valence-electron chi connectivity index (χ4n) is 6.68. The normalized spacial score (nSPS) is 24.8. The van der Waals surface area contributed by atoms with E-state index < -0.39 is 99.0 Å². The molecule has 1 aromatic carbocycles. The Morgan fingerprint density at radius 2 is 1.75 bits per heavy atom. The number of halogens is 3. The zero-order valence-electron chi connectivity index (χ0n) is 29.8. The van der Waals surface area contributed by atoms with Crippen LogP contribution in [0.2, 0.25) is 0 Å². The van der Waals surface area contributed by atoms with Gasteiger partial charge in [0.15, 0.2) is 5.78 Å². The SMILES string of the molecule is C=CC[C@@H]1C[C@@]1(NC(=O)[C@@H]1C[C@@H](n2nnc(-c3ccc(OC)cc3)n2)CC1C(=O)C(NC(=O)OCCC(F)(F)F)C(C)(C)C)C(=O)NS(=O)(=O)C1CC1. The molecule has 2 unspecified atom stereocenters. The van der Waals surface area contributed by atoms with Crippen molar-refractivity contribution in [2.45, 2.75) is 94.8 Å². The van der Waals surface area contributed by atoms with Crippen LogP contribution in [0.4, 0.5) is 18.0 Å². The third kappa shape index (κ3) is 9.34. The topological polar surface area (TPSA) is 201 Å². The average molecular weight is 768 g/mol. The molecule has 6 atom stereocenters. The molecule has 3 N–H and O–H groups in total. The van der Waals surface area contributed by atoms with Gasteiger partial charge in [0.1, 0.15) is 17.9 Å². The van der Waals surface area contributed by atoms with Gasteiger partial charge in [0.05, 0.1) is 30.9 Å². The van der Waals surface area contributed by atoms with Crippen LogP contribution in [0.15, 0.2) is 36.9 Å². The molecule has 1 aromatic heterocycles. The van der Waals surface area contributed by atoms with Gasteiger partial charge in [-0.1, -0.05) is 26.8 Å². The lowest BCUT2D eigenvalue weighted by Crippen LogP contribution is -2.56. The van der Waals surface area contributed by atoms with Gasteiger partial charge in [-0.2, -0.15) is 18.0 Å². The smallest absolute Gasteiger partial charge is 0.407 e. The molecule has 0 spiro atoms. The molecule has 3 aliphatic carbocycles. The highest BCUT2D eigenvalue weighted by atomic mass is 32.2. The van der Waals surface area contributed by atoms with Crippen LogP contribution in [0.25, 0.3) is 11.4 Å². The molecule has 0 bridgehead atoms. The van der Waals surface area contributed by atoms with Crippen molar-refractivity contribution in [3.8, 4) is 17.1 Å². The predicted molar refractivity (Wildman–Crippen MR) is 182 cm³/mol. The molecule has 0 radical (unpaired) electrons. The molecule has 3 saturated carbocycles. The molecule has 290 valence electrons. The van der Waals surface area contributed by atoms with Gasteiger partial charge in [0.2, 0.25) is 21.8 Å². The van der Waals surface area contributed by atoms with Gasteiger partial charge in [-0.05, 0) is 79.3 Å². The number of benzene rings is 1. The Bertz CT molecular complexity index is 1830. The second-order valence-electron chi connectivity index (χ2n) is 14.9. The first-order valence-corrected chi connectivity index (χ1v) is 18.8. The number of ketones is 1. The summed E-state index contributed by atoms with van der Waals surface area (Å²) in [6, 6.07) is 4.92. The minimum atomic E-state index is -4.57. The van der Waals surface area contributed by atoms with Crippen LogP contribution < -0.4 is 20.1 Å². The van der Waals surface area contributed by atoms with E-state index in [1.165, 1.54) is 11.9 Å². The molecule has 53 heavy (non-hydrogen) atoms. The van der Waals surface area contributed by atoms with Gasteiger partial charge in [0.25, 0.3) is 5.91 Å². The lowest BCUT2D eigenvalue weighted by Gasteiger charge is -2.33. The fourth-order valence-corrected chi connectivity index (χ4v) is 8.05. The first-order chi connectivity index (χ1) is 24.8. The number of hydrogen-bond donors (Lipinski definition) is 3. The van der Waals surface area contributed by atoms with Gasteiger partial charge in [-0.3, -0.25) is 19.1 Å². The second-order valence-corrected chi connectivity index (χ2v) is 16.9. The molecule has 19 heteroatoms. The summed E-state index contributed by atoms with van der Waals surface area (Å²) in [6.45, 7) is 7.65. The number of methoxy groups -OCH3 is 1. The number of Topliss-reactive ketones (excluding diaryl/α,β-unsaturated/α-hetero) is 1. The number of carbonyl (C=O) groups excluding carboxylic acids is 4. The van der Waals surface area contributed by atoms with Crippen molar-refractivity contribution in [3.05, 3.63) is 36.9 Å². The standard InChI is InChI=1S/C34H44F3N7O8S/c1-6-7-20-18-33(20,30(47)42-53(49,50)23-12-13-23)39-29(46)25-17-21(44-41-28(40-43-44)19-8-10-22(51-5)11-9-19)16-24(25)26(45)27(32(2,3)4)38-31(48)52-15-14-34(35,36)37/h6,8-11,20-21,23-25,27H,1,7,12-18H2,2-5H3,(H,38,48)(H,39,46)(H,42,47)/t20-,21+,24?,25-,27?,33+/m1/s1. The minimum absolute atomic E-state index is 0.00193. The molecule has 3 fully saturated rings. The summed E-state index contributed by atoms with van der Waals surface area (Å²) in [5.41, 5.74) is -1.94. The highest BCUT2D eigenvalue weighted by Crippen LogP contribution is 2.49. The summed E-state index contributed by atoms with van der Waals surface area (Å²) < 4.78 is 75.5. The van der Waals surface area contributed by atoms with Crippen LogP contribution >= 0.6 is 0 Å². The number of allylic oxidation sites excluding steroid dienone is 1. The summed E-state index contributed by atoms with van der Waals surface area (Å²) >= 11 is 0. The number of aromatic nitrogens is 4. The number of sulfonamides is 1. The highest BCUT2D eigenvalue weighted by molar-refractivity contribution is 7.91. The Kier molecular flexibility index (Phi) is 11.3. The van der Waals surface area contributed by atoms with Gasteiger partial charge >= 0.3 is 12.3 Å². The summed E-state index contributed by atoms with van der Waals surface area (Å²) in [5, 5.41) is 17.3. The van der Waals surface area contributed by atoms with Crippen LogP contribution in [0.3, 0.4) is 0 Å². The Balaban J connectivity index is 1.42. The summed E-state index contributed by atoms with van der Waals surface area (Å²) in [4.78, 5) is 56.1. The van der Waals surface area contributed by atoms with Crippen LogP contribution in [0.5, 0.6) is 5.75 Å². The van der Waals surface area contributed by atoms with Gasteiger partial charge < -0.3 is 20.1 Å². The Morgan fingerprint density at radius 1 is 1.09 bits per heavy atom. The number of nitrogens with zero attached hydrogens (tertiary/aromatic N) is 4. The van der Waals surface area contributed by atoms with Crippen LogP contribution in [-0.2, 0) is 29.1 Å². The van der Waals surface area contributed by atoms with E-state index in [2.05, 4.69) is 37.3 Å². The lowest BCUT2D eigenvalue weighted by molar-refractivity contribution is -0.141. The third-order valence-corrected chi connectivity index (χ3v) is 11.7. The van der Waals surface area contributed by atoms with E-state index in [-0.39, 0.29) is 25.1 Å². The van der Waals surface area contributed by atoms with E-state index >= 15 is 0 Å². The van der Waals surface area contributed by atoms with Crippen molar-refractivity contribution in [1.82, 2.24) is 35.6 Å². The van der Waals surface area contributed by atoms with E-state index in [9.17, 15) is 40.8 Å². The van der Waals surface area contributed by atoms with Gasteiger partial charge in [-0.25, -0.2) is 13.2 Å². The van der Waals surface area contributed by atoms with Crippen molar-refractivity contribution in [1.29, 1.82) is 0 Å². The minimum Gasteiger partial charge on any atom is -0.497 e. The Hall–Kier alpha value is -4.55. The number of nitrogens with one attached hydrogen (secondary N) is 3. The van der Waals surface area contributed by atoms with E-state index in [0.717, 1.165) is 0 Å². The number of alkyl halides is 3. The summed E-state index contributed by atoms with van der Waals surface area (Å²) in [7, 11) is -2.42. The third-order valence-electron chi connectivity index (χ3n) is 9.88. The molecule has 0 aliphatic heterocycles. The molecule has 15 nitrogen and oxygen atoms in total. The van der Waals surface area contributed by atoms with Gasteiger partial charge in [-0.15, -0.1) is 16.8 Å². The molecule has 0 saturated heterocycles. The maximum absolute atomic E-state index is 14.4. The number of tetrazole rings is 1. The monoisotopic (exact) mass is 767 g/mol. The summed E-state index contributed by atoms with van der Waals surface area (Å²) in [5.74, 6) is -3.99. The van der Waals surface area contributed by atoms with Crippen LogP contribution in [0.1, 0.15) is 71.8 Å². The van der Waals surface area contributed by atoms with Gasteiger partial charge in [0, 0.05) is 17.4 Å². The largest absolute Gasteiger partial charge is 0.497 e. The lowest BCUT2D eigenvalue weighted by atomic mass is 9.77. The molecule has 5 rings (SSSR count). The number of alkyl carbamates (subject to hydrolysis) is 1. The molecule has 3 aliphatic rings. The van der Waals surface area contributed by atoms with Crippen molar-refractivity contribution in [3.63, 3.8) is 0 Å². The second kappa shape index (κ2) is 15.1. The maximum Gasteiger partial charge on any atom is 0.407 e. The quantitative estimate of drug-likeness (QED) is 0.224. The Labute approximate surface area is 304 Å². The zero-order chi connectivity index (χ0) is 38.9. The number of amides is 3. The first-order valence-electron chi connectivity index (χ1n) is 17.2. The predicted octanol–water partition coefficient (Wildman–Crippen LogP) is 3.64. The Morgan fingerprint density at radius 3 is 2.34 bits per heavy atom. The maximum atomic E-state index is 14.4. The average Bonchev–Trinajstić information content (AvgIpc) is 3.94. The van der Waals surface area contributed by atoms with E-state index in [1.54, 1.807) is 51.1 Å². The molecule has 2 aromatic rings. The van der Waals surface area contributed by atoms with E-state index in [1.807, 2.05) is 0 Å². The van der Waals surface area contributed by atoms with Crippen molar-refractivity contribution in [2.24, 2.45) is 23.2 Å².